The minimum absolute atomic E-state index is 0.0621. The highest BCUT2D eigenvalue weighted by atomic mass is 16.2. The Balaban J connectivity index is 1.85. The molecular weight excluding hydrogens is 348 g/mol. The number of benzene rings is 1. The summed E-state index contributed by atoms with van der Waals surface area (Å²) in [7, 11) is 0. The number of unbranched alkanes of at least 4 members (excludes halogenated alkanes) is 10. The van der Waals surface area contributed by atoms with Gasteiger partial charge in [-0.1, -0.05) is 89.3 Å². The van der Waals surface area contributed by atoms with Crippen molar-refractivity contribution in [3.8, 4) is 0 Å². The first-order valence-corrected chi connectivity index (χ1v) is 11.3. The number of nitrogens with one attached hydrogen (secondary N) is 2. The Morgan fingerprint density at radius 1 is 0.679 bits per heavy atom. The normalized spacial score (nSPS) is 10.6. The summed E-state index contributed by atoms with van der Waals surface area (Å²) in [5.74, 6) is 0.0678. The molecule has 4 heteroatoms. The fraction of sp³-hybridized carbons (Fsp3) is 0.667. The van der Waals surface area contributed by atoms with Gasteiger partial charge in [-0.25, -0.2) is 0 Å². The van der Waals surface area contributed by atoms with Crippen LogP contribution in [0.25, 0.3) is 0 Å². The Labute approximate surface area is 171 Å². The van der Waals surface area contributed by atoms with Gasteiger partial charge in [-0.15, -0.1) is 0 Å². The Kier molecular flexibility index (Phi) is 14.9. The van der Waals surface area contributed by atoms with Crippen molar-refractivity contribution in [2.45, 2.75) is 90.4 Å². The van der Waals surface area contributed by atoms with Gasteiger partial charge in [0, 0.05) is 25.1 Å². The van der Waals surface area contributed by atoms with Crippen LogP contribution in [0.3, 0.4) is 0 Å². The molecule has 0 fully saturated rings. The molecule has 1 aromatic rings. The van der Waals surface area contributed by atoms with Crippen molar-refractivity contribution >= 4 is 11.8 Å². The van der Waals surface area contributed by atoms with Crippen LogP contribution in [-0.4, -0.2) is 24.9 Å². The molecule has 4 nitrogen and oxygen atoms in total. The number of hydrogen-bond donors (Lipinski definition) is 2. The molecule has 28 heavy (non-hydrogen) atoms. The summed E-state index contributed by atoms with van der Waals surface area (Å²) in [5.41, 5.74) is 0.669. The molecular formula is C24H40N2O2. The van der Waals surface area contributed by atoms with Crippen molar-refractivity contribution in [2.24, 2.45) is 0 Å². The summed E-state index contributed by atoms with van der Waals surface area (Å²) in [4.78, 5) is 23.7. The fourth-order valence-electron chi connectivity index (χ4n) is 3.25. The molecule has 0 aliphatic rings. The lowest BCUT2D eigenvalue weighted by molar-refractivity contribution is -0.121. The van der Waals surface area contributed by atoms with Gasteiger partial charge < -0.3 is 10.6 Å². The van der Waals surface area contributed by atoms with Crippen LogP contribution < -0.4 is 10.6 Å². The topological polar surface area (TPSA) is 58.2 Å². The fourth-order valence-corrected chi connectivity index (χ4v) is 3.25. The predicted molar refractivity (Wildman–Crippen MR) is 117 cm³/mol. The van der Waals surface area contributed by atoms with Crippen LogP contribution in [0.15, 0.2) is 30.3 Å². The smallest absolute Gasteiger partial charge is 0.251 e. The van der Waals surface area contributed by atoms with E-state index in [1.165, 1.54) is 57.8 Å². The lowest BCUT2D eigenvalue weighted by atomic mass is 10.1. The molecule has 0 saturated carbocycles. The van der Waals surface area contributed by atoms with Crippen molar-refractivity contribution in [1.29, 1.82) is 0 Å². The second-order valence-electron chi connectivity index (χ2n) is 7.61. The monoisotopic (exact) mass is 388 g/mol. The molecule has 2 amide bonds. The van der Waals surface area contributed by atoms with E-state index in [1.54, 1.807) is 12.1 Å². The summed E-state index contributed by atoms with van der Waals surface area (Å²) in [6, 6.07) is 9.19. The third-order valence-electron chi connectivity index (χ3n) is 5.00. The minimum Gasteiger partial charge on any atom is -0.356 e. The number of carbonyl (C=O) groups is 2. The van der Waals surface area contributed by atoms with Gasteiger partial charge in [0.1, 0.15) is 0 Å². The Morgan fingerprint density at radius 2 is 1.21 bits per heavy atom. The first-order chi connectivity index (χ1) is 13.7. The van der Waals surface area contributed by atoms with Crippen LogP contribution in [0.2, 0.25) is 0 Å². The zero-order chi connectivity index (χ0) is 20.3. The minimum atomic E-state index is -0.0621. The molecule has 0 aliphatic heterocycles. The molecule has 158 valence electrons. The standard InChI is InChI=1S/C24H40N2O2/c1-2-3-4-5-6-7-8-9-10-11-15-19-23(27)25-20-16-21-26-24(28)22-17-13-12-14-18-22/h12-14,17-18H,2-11,15-16,19-21H2,1H3,(H,25,27)(H,26,28). The largest absolute Gasteiger partial charge is 0.356 e. The highest BCUT2D eigenvalue weighted by Gasteiger charge is 2.04. The van der Waals surface area contributed by atoms with E-state index in [-0.39, 0.29) is 11.8 Å². The highest BCUT2D eigenvalue weighted by molar-refractivity contribution is 5.94. The summed E-state index contributed by atoms with van der Waals surface area (Å²) >= 11 is 0. The van der Waals surface area contributed by atoms with E-state index in [0.29, 0.717) is 25.1 Å². The number of carbonyl (C=O) groups excluding carboxylic acids is 2. The van der Waals surface area contributed by atoms with Crippen LogP contribution in [0.5, 0.6) is 0 Å². The molecule has 0 saturated heterocycles. The van der Waals surface area contributed by atoms with Gasteiger partial charge in [-0.2, -0.15) is 0 Å². The van der Waals surface area contributed by atoms with Gasteiger partial charge in [0.15, 0.2) is 0 Å². The maximum absolute atomic E-state index is 11.9. The third kappa shape index (κ3) is 13.3. The summed E-state index contributed by atoms with van der Waals surface area (Å²) in [5, 5.41) is 5.81. The summed E-state index contributed by atoms with van der Waals surface area (Å²) in [6.45, 7) is 3.45. The zero-order valence-corrected chi connectivity index (χ0v) is 17.8. The number of hydrogen-bond acceptors (Lipinski definition) is 2. The summed E-state index contributed by atoms with van der Waals surface area (Å²) < 4.78 is 0. The quantitative estimate of drug-likeness (QED) is 0.340. The second kappa shape index (κ2) is 17.3. The molecule has 2 N–H and O–H groups in total. The predicted octanol–water partition coefficient (Wildman–Crippen LogP) is 5.62. The van der Waals surface area contributed by atoms with E-state index in [1.807, 2.05) is 18.2 Å². The third-order valence-corrected chi connectivity index (χ3v) is 5.00. The zero-order valence-electron chi connectivity index (χ0n) is 17.8. The molecule has 0 unspecified atom stereocenters. The van der Waals surface area contributed by atoms with Crippen molar-refractivity contribution < 1.29 is 9.59 Å². The average Bonchev–Trinajstić information content (AvgIpc) is 2.72. The van der Waals surface area contributed by atoms with E-state index < -0.39 is 0 Å². The Bertz CT molecular complexity index is 517. The molecule has 0 aromatic heterocycles. The van der Waals surface area contributed by atoms with Crippen LogP contribution in [0.4, 0.5) is 0 Å². The van der Waals surface area contributed by atoms with Crippen LogP contribution >= 0.6 is 0 Å². The van der Waals surface area contributed by atoms with Gasteiger partial charge in [-0.3, -0.25) is 9.59 Å². The van der Waals surface area contributed by atoms with E-state index in [4.69, 9.17) is 0 Å². The first-order valence-electron chi connectivity index (χ1n) is 11.3. The lowest BCUT2D eigenvalue weighted by Gasteiger charge is -2.07. The van der Waals surface area contributed by atoms with Gasteiger partial charge in [0.05, 0.1) is 0 Å². The Hall–Kier alpha value is -1.84. The maximum atomic E-state index is 11.9. The van der Waals surface area contributed by atoms with Crippen LogP contribution in [0, 0.1) is 0 Å². The molecule has 0 radical (unpaired) electrons. The van der Waals surface area contributed by atoms with Crippen molar-refractivity contribution in [3.63, 3.8) is 0 Å². The molecule has 1 aromatic carbocycles. The summed E-state index contributed by atoms with van der Waals surface area (Å²) in [6.07, 6.45) is 15.6. The van der Waals surface area contributed by atoms with Gasteiger partial charge in [-0.05, 0) is 25.0 Å². The number of rotatable bonds is 17. The van der Waals surface area contributed by atoms with E-state index in [2.05, 4.69) is 17.6 Å². The first kappa shape index (κ1) is 24.2. The van der Waals surface area contributed by atoms with Gasteiger partial charge >= 0.3 is 0 Å². The maximum Gasteiger partial charge on any atom is 0.251 e. The van der Waals surface area contributed by atoms with Crippen LogP contribution in [0.1, 0.15) is 101 Å². The SMILES string of the molecule is CCCCCCCCCCCCCC(=O)NCCCNC(=O)c1ccccc1. The second-order valence-corrected chi connectivity index (χ2v) is 7.61. The van der Waals surface area contributed by atoms with Crippen molar-refractivity contribution in [1.82, 2.24) is 10.6 Å². The lowest BCUT2D eigenvalue weighted by Crippen LogP contribution is -2.29. The van der Waals surface area contributed by atoms with Crippen LogP contribution in [-0.2, 0) is 4.79 Å². The van der Waals surface area contributed by atoms with Crippen molar-refractivity contribution in [2.75, 3.05) is 13.1 Å². The highest BCUT2D eigenvalue weighted by Crippen LogP contribution is 2.11. The molecule has 0 heterocycles. The van der Waals surface area contributed by atoms with E-state index in [9.17, 15) is 9.59 Å². The number of amides is 2. The van der Waals surface area contributed by atoms with Gasteiger partial charge in [0.25, 0.3) is 5.91 Å². The van der Waals surface area contributed by atoms with Gasteiger partial charge in [0.2, 0.25) is 5.91 Å². The molecule has 1 rings (SSSR count). The van der Waals surface area contributed by atoms with E-state index >= 15 is 0 Å². The molecule has 0 bridgehead atoms. The average molecular weight is 389 g/mol. The van der Waals surface area contributed by atoms with E-state index in [0.717, 1.165) is 19.3 Å². The molecule has 0 atom stereocenters. The molecule has 0 aliphatic carbocycles. The van der Waals surface area contributed by atoms with Crippen molar-refractivity contribution in [3.05, 3.63) is 35.9 Å². The Morgan fingerprint density at radius 3 is 1.82 bits per heavy atom. The molecule has 0 spiro atoms.